The van der Waals surface area contributed by atoms with Crippen LogP contribution in [0.4, 0.5) is 19.0 Å². The van der Waals surface area contributed by atoms with Crippen LogP contribution in [0.25, 0.3) is 10.9 Å². The molecule has 2 rings (SSSR count). The van der Waals surface area contributed by atoms with Gasteiger partial charge in [0.05, 0.1) is 12.1 Å². The number of halogens is 3. The lowest BCUT2D eigenvalue weighted by Gasteiger charge is -2.25. The monoisotopic (exact) mass is 299 g/mol. The van der Waals surface area contributed by atoms with E-state index in [2.05, 4.69) is 4.98 Å². The molecule has 7 heteroatoms. The van der Waals surface area contributed by atoms with Gasteiger partial charge in [0, 0.05) is 18.5 Å². The van der Waals surface area contributed by atoms with Crippen molar-refractivity contribution in [2.75, 3.05) is 24.6 Å². The van der Waals surface area contributed by atoms with Gasteiger partial charge in [0.1, 0.15) is 12.4 Å². The Morgan fingerprint density at radius 3 is 2.57 bits per heavy atom. The maximum Gasteiger partial charge on any atom is 0.405 e. The van der Waals surface area contributed by atoms with Crippen LogP contribution in [-0.4, -0.2) is 36.0 Å². The van der Waals surface area contributed by atoms with E-state index in [9.17, 15) is 13.2 Å². The molecule has 1 aromatic carbocycles. The molecule has 3 N–H and O–H groups in total. The number of benzene rings is 1. The number of pyridine rings is 1. The lowest BCUT2D eigenvalue weighted by atomic mass is 10.1. The highest BCUT2D eigenvalue weighted by Gasteiger charge is 2.31. The van der Waals surface area contributed by atoms with Gasteiger partial charge in [-0.15, -0.1) is 0 Å². The smallest absolute Gasteiger partial charge is 0.395 e. The predicted octanol–water partition coefficient (Wildman–Crippen LogP) is 2.05. The molecule has 21 heavy (non-hydrogen) atoms. The fourth-order valence-electron chi connectivity index (χ4n) is 2.17. The summed E-state index contributed by atoms with van der Waals surface area (Å²) < 4.78 is 37.9. The van der Waals surface area contributed by atoms with Gasteiger partial charge in [0.2, 0.25) is 0 Å². The van der Waals surface area contributed by atoms with Gasteiger partial charge in [-0.3, -0.25) is 0 Å². The maximum absolute atomic E-state index is 12.6. The van der Waals surface area contributed by atoms with E-state index in [1.54, 1.807) is 18.2 Å². The number of aromatic nitrogens is 1. The third kappa shape index (κ3) is 3.83. The Kier molecular flexibility index (Phi) is 4.64. The molecule has 0 aliphatic carbocycles. The molecule has 4 nitrogen and oxygen atoms in total. The minimum atomic E-state index is -4.37. The van der Waals surface area contributed by atoms with Crippen LogP contribution in [0.5, 0.6) is 0 Å². The average Bonchev–Trinajstić information content (AvgIpc) is 2.44. The minimum absolute atomic E-state index is 0.144. The molecule has 0 amide bonds. The lowest BCUT2D eigenvalue weighted by molar-refractivity contribution is -0.119. The normalized spacial score (nSPS) is 11.9. The highest BCUT2D eigenvalue weighted by molar-refractivity contribution is 5.84. The number of anilines is 1. The molecule has 0 bridgehead atoms. The van der Waals surface area contributed by atoms with Gasteiger partial charge >= 0.3 is 6.18 Å². The van der Waals surface area contributed by atoms with Crippen molar-refractivity contribution in [3.8, 4) is 0 Å². The molecule has 0 aliphatic rings. The van der Waals surface area contributed by atoms with Gasteiger partial charge < -0.3 is 15.7 Å². The van der Waals surface area contributed by atoms with Gasteiger partial charge in [0.25, 0.3) is 0 Å². The summed E-state index contributed by atoms with van der Waals surface area (Å²) in [6.07, 6.45) is -4.37. The topological polar surface area (TPSA) is 62.4 Å². The number of hydrogen-bond donors (Lipinski definition) is 2. The van der Waals surface area contributed by atoms with Gasteiger partial charge in [-0.1, -0.05) is 18.2 Å². The van der Waals surface area contributed by atoms with E-state index in [0.717, 1.165) is 15.8 Å². The fourth-order valence-corrected chi connectivity index (χ4v) is 2.17. The quantitative estimate of drug-likeness (QED) is 0.887. The maximum atomic E-state index is 12.6. The first-order valence-electron chi connectivity index (χ1n) is 6.46. The Morgan fingerprint density at radius 2 is 1.95 bits per heavy atom. The van der Waals surface area contributed by atoms with E-state index < -0.39 is 12.7 Å². The van der Waals surface area contributed by atoms with E-state index in [-0.39, 0.29) is 25.5 Å². The molecule has 2 aromatic rings. The second-order valence-electron chi connectivity index (χ2n) is 4.62. The first kappa shape index (κ1) is 15.5. The molecule has 1 aromatic heterocycles. The summed E-state index contributed by atoms with van der Waals surface area (Å²) in [5.41, 5.74) is 6.97. The van der Waals surface area contributed by atoms with Crippen LogP contribution in [0.2, 0.25) is 0 Å². The highest BCUT2D eigenvalue weighted by atomic mass is 19.4. The molecule has 0 saturated heterocycles. The van der Waals surface area contributed by atoms with Crippen LogP contribution in [0.3, 0.4) is 0 Å². The lowest BCUT2D eigenvalue weighted by Crippen LogP contribution is -2.37. The molecule has 1 heterocycles. The van der Waals surface area contributed by atoms with Crippen molar-refractivity contribution in [2.45, 2.75) is 12.7 Å². The van der Waals surface area contributed by atoms with Crippen LogP contribution in [-0.2, 0) is 6.54 Å². The van der Waals surface area contributed by atoms with E-state index in [1.807, 2.05) is 12.1 Å². The Balaban J connectivity index is 2.47. The summed E-state index contributed by atoms with van der Waals surface area (Å²) >= 11 is 0. The molecule has 0 spiro atoms. The van der Waals surface area contributed by atoms with Crippen molar-refractivity contribution >= 4 is 16.7 Å². The van der Waals surface area contributed by atoms with E-state index in [0.29, 0.717) is 5.52 Å². The number of para-hydroxylation sites is 1. The number of fused-ring (bicyclic) bond motifs is 1. The van der Waals surface area contributed by atoms with Crippen molar-refractivity contribution in [1.29, 1.82) is 0 Å². The Morgan fingerprint density at radius 1 is 1.24 bits per heavy atom. The third-order valence-electron chi connectivity index (χ3n) is 3.07. The highest BCUT2D eigenvalue weighted by Crippen LogP contribution is 2.25. The van der Waals surface area contributed by atoms with Crippen LogP contribution < -0.4 is 10.6 Å². The summed E-state index contributed by atoms with van der Waals surface area (Å²) in [6.45, 7) is -1.49. The largest absolute Gasteiger partial charge is 0.405 e. The molecule has 0 atom stereocenters. The second-order valence-corrected chi connectivity index (χ2v) is 4.62. The zero-order valence-corrected chi connectivity index (χ0v) is 11.3. The zero-order valence-electron chi connectivity index (χ0n) is 11.3. The summed E-state index contributed by atoms with van der Waals surface area (Å²) in [7, 11) is 0. The molecule has 114 valence electrons. The summed E-state index contributed by atoms with van der Waals surface area (Å²) in [4.78, 5) is 5.25. The van der Waals surface area contributed by atoms with Crippen molar-refractivity contribution in [3.05, 3.63) is 35.9 Å². The third-order valence-corrected chi connectivity index (χ3v) is 3.07. The Bertz CT molecular complexity index is 616. The number of nitrogens with two attached hydrogens (primary N) is 1. The van der Waals surface area contributed by atoms with Crippen molar-refractivity contribution < 1.29 is 18.3 Å². The van der Waals surface area contributed by atoms with Crippen LogP contribution in [0.1, 0.15) is 5.56 Å². The average molecular weight is 299 g/mol. The van der Waals surface area contributed by atoms with Crippen molar-refractivity contribution in [3.63, 3.8) is 0 Å². The Hall–Kier alpha value is -1.86. The number of rotatable bonds is 5. The van der Waals surface area contributed by atoms with E-state index in [1.165, 1.54) is 0 Å². The van der Waals surface area contributed by atoms with Gasteiger partial charge in [-0.2, -0.15) is 13.2 Å². The number of alkyl halides is 3. The molecule has 0 aliphatic heterocycles. The van der Waals surface area contributed by atoms with Gasteiger partial charge in [-0.25, -0.2) is 4.98 Å². The summed E-state index contributed by atoms with van der Waals surface area (Å²) in [5.74, 6) is 0.167. The summed E-state index contributed by atoms with van der Waals surface area (Å²) in [6, 6.07) is 8.69. The second kappa shape index (κ2) is 6.28. The van der Waals surface area contributed by atoms with Crippen LogP contribution >= 0.6 is 0 Å². The SMILES string of the molecule is NCc1cc(N(CCO)CC(F)(F)F)nc2ccccc12. The van der Waals surface area contributed by atoms with Gasteiger partial charge in [-0.05, 0) is 17.7 Å². The zero-order chi connectivity index (χ0) is 15.5. The fraction of sp³-hybridized carbons (Fsp3) is 0.357. The number of aliphatic hydroxyl groups excluding tert-OH is 1. The number of hydrogen-bond acceptors (Lipinski definition) is 4. The van der Waals surface area contributed by atoms with E-state index >= 15 is 0 Å². The van der Waals surface area contributed by atoms with Crippen molar-refractivity contribution in [1.82, 2.24) is 4.98 Å². The standard InChI is InChI=1S/C14H16F3N3O/c15-14(16,17)9-20(5-6-21)13-7-10(8-18)11-3-1-2-4-12(11)19-13/h1-4,7,21H,5-6,8-9,18H2. The predicted molar refractivity (Wildman–Crippen MR) is 75.0 cm³/mol. The number of nitrogens with zero attached hydrogens (tertiary/aromatic N) is 2. The first-order valence-corrected chi connectivity index (χ1v) is 6.46. The molecular formula is C14H16F3N3O. The van der Waals surface area contributed by atoms with Crippen molar-refractivity contribution in [2.24, 2.45) is 5.73 Å². The Labute approximate surface area is 120 Å². The van der Waals surface area contributed by atoms with Crippen LogP contribution in [0.15, 0.2) is 30.3 Å². The van der Waals surface area contributed by atoms with Gasteiger partial charge in [0.15, 0.2) is 0 Å². The first-order chi connectivity index (χ1) is 9.94. The molecule has 0 radical (unpaired) electrons. The minimum Gasteiger partial charge on any atom is -0.395 e. The summed E-state index contributed by atoms with van der Waals surface area (Å²) in [5, 5.41) is 9.79. The molecule has 0 fully saturated rings. The molecular weight excluding hydrogens is 283 g/mol. The molecule has 0 saturated carbocycles. The van der Waals surface area contributed by atoms with E-state index in [4.69, 9.17) is 10.8 Å². The molecule has 0 unspecified atom stereocenters. The van der Waals surface area contributed by atoms with Crippen LogP contribution in [0, 0.1) is 0 Å². The number of aliphatic hydroxyl groups is 1.